The smallest absolute Gasteiger partial charge is 0.281 e. The molecule has 0 amide bonds. The number of ether oxygens (including phenoxy) is 1. The van der Waals surface area contributed by atoms with Crippen molar-refractivity contribution in [1.82, 2.24) is 14.5 Å². The summed E-state index contributed by atoms with van der Waals surface area (Å²) in [5.41, 5.74) is 1.69. The van der Waals surface area contributed by atoms with Crippen LogP contribution in [-0.4, -0.2) is 40.7 Å². The fourth-order valence-electron chi connectivity index (χ4n) is 2.91. The number of amidine groups is 1. The van der Waals surface area contributed by atoms with Crippen LogP contribution in [0.2, 0.25) is 0 Å². The van der Waals surface area contributed by atoms with E-state index in [2.05, 4.69) is 19.5 Å². The number of aliphatic imine (C=N–C) groups is 1. The second-order valence-electron chi connectivity index (χ2n) is 6.22. The number of hydrogen-bond acceptors (Lipinski definition) is 10. The van der Waals surface area contributed by atoms with Gasteiger partial charge >= 0.3 is 0 Å². The number of thiophene rings is 1. The molecule has 3 N–H and O–H groups in total. The largest absolute Gasteiger partial charge is 0.505 e. The predicted octanol–water partition coefficient (Wildman–Crippen LogP) is 3.70. The van der Waals surface area contributed by atoms with E-state index in [-0.39, 0.29) is 17.9 Å². The molecule has 0 fully saturated rings. The molecule has 30 heavy (non-hydrogen) atoms. The van der Waals surface area contributed by atoms with Gasteiger partial charge in [0, 0.05) is 19.1 Å². The molecular weight excluding hydrogens is 442 g/mol. The lowest BCUT2D eigenvalue weighted by molar-refractivity contribution is 0.181. The third kappa shape index (κ3) is 4.06. The maximum Gasteiger partial charge on any atom is 0.281 e. The average Bonchev–Trinajstić information content (AvgIpc) is 3.28. The molecule has 1 aromatic carbocycles. The van der Waals surface area contributed by atoms with Crippen LogP contribution in [-0.2, 0) is 11.3 Å². The monoisotopic (exact) mass is 461 g/mol. The Balaban J connectivity index is 1.83. The van der Waals surface area contributed by atoms with Crippen LogP contribution in [0.15, 0.2) is 50.4 Å². The number of nitrogens with one attached hydrogen (secondary N) is 2. The SMILES string of the molecule is COCCn1nc(-c2cccs2)c(O)c(C2=Nc3ccc(NSC)cc3SN2)c1=O. The highest BCUT2D eigenvalue weighted by atomic mass is 32.2. The molecule has 0 unspecified atom stereocenters. The average molecular weight is 462 g/mol. The lowest BCUT2D eigenvalue weighted by Crippen LogP contribution is -2.34. The van der Waals surface area contributed by atoms with Gasteiger partial charge in [0.15, 0.2) is 11.6 Å². The molecule has 0 saturated heterocycles. The molecule has 156 valence electrons. The Bertz CT molecular complexity index is 1150. The van der Waals surface area contributed by atoms with E-state index in [0.717, 1.165) is 21.1 Å². The molecule has 3 heterocycles. The minimum Gasteiger partial charge on any atom is -0.505 e. The molecule has 8 nitrogen and oxygen atoms in total. The third-order valence-corrected chi connectivity index (χ3v) is 6.46. The summed E-state index contributed by atoms with van der Waals surface area (Å²) in [6.07, 6.45) is 1.95. The van der Waals surface area contributed by atoms with Gasteiger partial charge in [-0.3, -0.25) is 4.79 Å². The standard InChI is InChI=1S/C19H19N5O3S3/c1-27-8-7-24-19(26)15(17(25)16(21-24)13-4-3-9-29-13)18-20-12-6-5-11(22-28-2)10-14(12)30-23-18/h3-6,9-10,22,25H,7-8H2,1-2H3,(H,20,23). The molecule has 3 aromatic rings. The van der Waals surface area contributed by atoms with E-state index in [4.69, 9.17) is 4.74 Å². The third-order valence-electron chi connectivity index (χ3n) is 4.30. The second-order valence-corrected chi connectivity index (χ2v) is 8.63. The van der Waals surface area contributed by atoms with Gasteiger partial charge in [-0.15, -0.1) is 11.3 Å². The van der Waals surface area contributed by atoms with E-state index in [1.165, 1.54) is 39.9 Å². The summed E-state index contributed by atoms with van der Waals surface area (Å²) in [4.78, 5) is 19.4. The first-order valence-electron chi connectivity index (χ1n) is 8.94. The van der Waals surface area contributed by atoms with E-state index < -0.39 is 5.56 Å². The molecule has 0 radical (unpaired) electrons. The Morgan fingerprint density at radius 1 is 1.37 bits per heavy atom. The number of aromatic hydroxyl groups is 1. The van der Waals surface area contributed by atoms with Crippen molar-refractivity contribution in [1.29, 1.82) is 0 Å². The lowest BCUT2D eigenvalue weighted by atomic mass is 10.2. The van der Waals surface area contributed by atoms with Crippen molar-refractivity contribution in [2.45, 2.75) is 11.4 Å². The maximum atomic E-state index is 13.1. The Labute approximate surface area is 185 Å². The van der Waals surface area contributed by atoms with Crippen molar-refractivity contribution in [3.63, 3.8) is 0 Å². The van der Waals surface area contributed by atoms with E-state index in [0.29, 0.717) is 18.1 Å². The fraction of sp³-hybridized carbons (Fsp3) is 0.211. The van der Waals surface area contributed by atoms with Crippen LogP contribution in [0.25, 0.3) is 10.6 Å². The topological polar surface area (TPSA) is 101 Å². The summed E-state index contributed by atoms with van der Waals surface area (Å²) in [7, 11) is 1.56. The van der Waals surface area contributed by atoms with Crippen LogP contribution in [0.4, 0.5) is 11.4 Å². The van der Waals surface area contributed by atoms with Crippen molar-refractivity contribution >= 4 is 52.4 Å². The number of benzene rings is 1. The molecule has 0 atom stereocenters. The van der Waals surface area contributed by atoms with Crippen LogP contribution in [0.3, 0.4) is 0 Å². The van der Waals surface area contributed by atoms with Gasteiger partial charge in [0.05, 0.1) is 28.6 Å². The summed E-state index contributed by atoms with van der Waals surface area (Å²) in [6.45, 7) is 0.589. The molecule has 0 saturated carbocycles. The van der Waals surface area contributed by atoms with Gasteiger partial charge in [0.25, 0.3) is 5.56 Å². The van der Waals surface area contributed by atoms with Crippen LogP contribution >= 0.6 is 35.2 Å². The number of fused-ring (bicyclic) bond motifs is 1. The van der Waals surface area contributed by atoms with Crippen LogP contribution in [0, 0.1) is 0 Å². The van der Waals surface area contributed by atoms with Gasteiger partial charge in [0.1, 0.15) is 11.3 Å². The van der Waals surface area contributed by atoms with Gasteiger partial charge in [0.2, 0.25) is 0 Å². The van der Waals surface area contributed by atoms with E-state index >= 15 is 0 Å². The zero-order chi connectivity index (χ0) is 21.1. The molecule has 11 heteroatoms. The van der Waals surface area contributed by atoms with Crippen molar-refractivity contribution < 1.29 is 9.84 Å². The zero-order valence-electron chi connectivity index (χ0n) is 16.2. The Hall–Kier alpha value is -2.47. The van der Waals surface area contributed by atoms with Gasteiger partial charge in [-0.05, 0) is 41.6 Å². The van der Waals surface area contributed by atoms with Crippen molar-refractivity contribution in [2.75, 3.05) is 24.7 Å². The van der Waals surface area contributed by atoms with Crippen LogP contribution < -0.4 is 15.0 Å². The highest BCUT2D eigenvalue weighted by Gasteiger charge is 2.25. The maximum absolute atomic E-state index is 13.1. The number of aromatic nitrogens is 2. The fourth-order valence-corrected chi connectivity index (χ4v) is 4.74. The highest BCUT2D eigenvalue weighted by Crippen LogP contribution is 2.37. The second kappa shape index (κ2) is 9.13. The minimum atomic E-state index is -0.430. The van der Waals surface area contributed by atoms with E-state index in [9.17, 15) is 9.90 Å². The first kappa shape index (κ1) is 20.8. The number of rotatable bonds is 7. The molecule has 0 aliphatic carbocycles. The molecule has 0 spiro atoms. The number of hydrogen-bond donors (Lipinski definition) is 3. The molecule has 2 aromatic heterocycles. The first-order valence-corrected chi connectivity index (χ1v) is 11.9. The van der Waals surface area contributed by atoms with Gasteiger partial charge in [-0.25, -0.2) is 9.67 Å². The van der Waals surface area contributed by atoms with E-state index in [1.807, 2.05) is 42.0 Å². The van der Waals surface area contributed by atoms with Crippen LogP contribution in [0.1, 0.15) is 5.56 Å². The minimum absolute atomic E-state index is 0.0916. The number of nitrogens with zero attached hydrogens (tertiary/aromatic N) is 3. The molecule has 1 aliphatic rings. The van der Waals surface area contributed by atoms with Gasteiger partial charge in [-0.2, -0.15) is 5.10 Å². The van der Waals surface area contributed by atoms with Crippen LogP contribution in [0.5, 0.6) is 5.75 Å². The summed E-state index contributed by atoms with van der Waals surface area (Å²) >= 11 is 4.29. The number of anilines is 1. The predicted molar refractivity (Wildman–Crippen MR) is 124 cm³/mol. The quantitative estimate of drug-likeness (QED) is 0.458. The Morgan fingerprint density at radius 2 is 2.23 bits per heavy atom. The number of methoxy groups -OCH3 is 1. The summed E-state index contributed by atoms with van der Waals surface area (Å²) < 4.78 is 12.7. The highest BCUT2D eigenvalue weighted by molar-refractivity contribution is 7.99. The molecule has 1 aliphatic heterocycles. The lowest BCUT2D eigenvalue weighted by Gasteiger charge is -2.19. The summed E-state index contributed by atoms with van der Waals surface area (Å²) in [5.74, 6) is 0.110. The normalized spacial score (nSPS) is 12.8. The van der Waals surface area contributed by atoms with Gasteiger partial charge in [-0.1, -0.05) is 18.0 Å². The molecular formula is C19H19N5O3S3. The summed E-state index contributed by atoms with van der Waals surface area (Å²) in [6, 6.07) is 9.49. The Morgan fingerprint density at radius 3 is 2.97 bits per heavy atom. The molecule has 0 bridgehead atoms. The van der Waals surface area contributed by atoms with Gasteiger partial charge < -0.3 is 19.3 Å². The van der Waals surface area contributed by atoms with E-state index in [1.54, 1.807) is 7.11 Å². The molecule has 4 rings (SSSR count). The van der Waals surface area contributed by atoms with Crippen molar-refractivity contribution in [3.05, 3.63) is 51.6 Å². The first-order chi connectivity index (χ1) is 14.6. The Kier molecular flexibility index (Phi) is 6.32. The summed E-state index contributed by atoms with van der Waals surface area (Å²) in [5, 5.41) is 17.2. The van der Waals surface area contributed by atoms with Crippen molar-refractivity contribution in [2.24, 2.45) is 4.99 Å². The zero-order valence-corrected chi connectivity index (χ0v) is 18.7. The van der Waals surface area contributed by atoms with Crippen molar-refractivity contribution in [3.8, 4) is 16.3 Å².